The number of ketones is 1. The Kier molecular flexibility index (Phi) is 7.68. The average Bonchev–Trinajstić information content (AvgIpc) is 3.01. The lowest BCUT2D eigenvalue weighted by molar-refractivity contribution is -0.140. The first-order valence-corrected chi connectivity index (χ1v) is 11.4. The van der Waals surface area contributed by atoms with Crippen LogP contribution < -0.4 is 0 Å². The number of halogens is 1. The smallest absolute Gasteiger partial charge is 0.295 e. The van der Waals surface area contributed by atoms with Crippen molar-refractivity contribution >= 4 is 33.4 Å². The molecule has 0 aromatic heterocycles. The van der Waals surface area contributed by atoms with Crippen molar-refractivity contribution in [3.05, 3.63) is 75.3 Å². The van der Waals surface area contributed by atoms with Crippen LogP contribution in [0.15, 0.2) is 58.6 Å². The van der Waals surface area contributed by atoms with E-state index >= 15 is 0 Å². The van der Waals surface area contributed by atoms with E-state index in [1.54, 1.807) is 29.2 Å². The van der Waals surface area contributed by atoms with Gasteiger partial charge in [-0.15, -0.1) is 0 Å². The summed E-state index contributed by atoms with van der Waals surface area (Å²) in [6, 6.07) is 14.3. The van der Waals surface area contributed by atoms with Crippen molar-refractivity contribution < 1.29 is 19.4 Å². The van der Waals surface area contributed by atoms with Gasteiger partial charge in [0.25, 0.3) is 11.7 Å². The number of rotatable bonds is 8. The van der Waals surface area contributed by atoms with Gasteiger partial charge in [0, 0.05) is 23.2 Å². The van der Waals surface area contributed by atoms with Crippen molar-refractivity contribution in [2.45, 2.75) is 45.8 Å². The van der Waals surface area contributed by atoms with E-state index in [2.05, 4.69) is 22.9 Å². The second kappa shape index (κ2) is 10.2. The molecule has 1 atom stereocenters. The largest absolute Gasteiger partial charge is 0.507 e. The van der Waals surface area contributed by atoms with E-state index in [0.29, 0.717) is 25.1 Å². The lowest BCUT2D eigenvalue weighted by Crippen LogP contribution is -2.31. The maximum absolute atomic E-state index is 13.0. The molecule has 1 heterocycles. The number of aliphatic hydroxyl groups excluding tert-OH is 1. The summed E-state index contributed by atoms with van der Waals surface area (Å²) in [4.78, 5) is 27.5. The van der Waals surface area contributed by atoms with Gasteiger partial charge in [-0.2, -0.15) is 0 Å². The van der Waals surface area contributed by atoms with E-state index in [4.69, 9.17) is 4.74 Å². The Morgan fingerprint density at radius 1 is 1.10 bits per heavy atom. The number of nitrogens with zero attached hydrogens (tertiary/aromatic N) is 1. The van der Waals surface area contributed by atoms with E-state index in [1.165, 1.54) is 5.56 Å². The first-order valence-electron chi connectivity index (χ1n) is 10.6. The zero-order valence-corrected chi connectivity index (χ0v) is 19.7. The van der Waals surface area contributed by atoms with E-state index in [9.17, 15) is 14.7 Å². The molecule has 0 radical (unpaired) electrons. The van der Waals surface area contributed by atoms with Crippen LogP contribution in [0.4, 0.5) is 0 Å². The van der Waals surface area contributed by atoms with Gasteiger partial charge in [0.1, 0.15) is 5.76 Å². The molecule has 6 heteroatoms. The summed E-state index contributed by atoms with van der Waals surface area (Å²) in [5.41, 5.74) is 2.60. The Morgan fingerprint density at radius 2 is 1.74 bits per heavy atom. The number of amides is 1. The normalized spacial score (nSPS) is 18.2. The van der Waals surface area contributed by atoms with Gasteiger partial charge in [-0.05, 0) is 49.9 Å². The molecule has 1 aliphatic heterocycles. The third kappa shape index (κ3) is 5.25. The second-order valence-corrected chi connectivity index (χ2v) is 8.78. The molecule has 0 aliphatic carbocycles. The number of Topliss-reactive ketones (excluding diaryl/α,β-unsaturated/α-hetero) is 1. The molecule has 0 unspecified atom stereocenters. The van der Waals surface area contributed by atoms with E-state index < -0.39 is 17.7 Å². The molecule has 0 bridgehead atoms. The van der Waals surface area contributed by atoms with Crippen LogP contribution in [0.3, 0.4) is 0 Å². The average molecular weight is 486 g/mol. The fraction of sp³-hybridized carbons (Fsp3) is 0.360. The first-order chi connectivity index (χ1) is 14.8. The highest BCUT2D eigenvalue weighted by molar-refractivity contribution is 9.10. The maximum Gasteiger partial charge on any atom is 0.295 e. The van der Waals surface area contributed by atoms with E-state index in [1.807, 2.05) is 38.1 Å². The Labute approximate surface area is 191 Å². The van der Waals surface area contributed by atoms with Gasteiger partial charge in [0.2, 0.25) is 0 Å². The highest BCUT2D eigenvalue weighted by atomic mass is 79.9. The summed E-state index contributed by atoms with van der Waals surface area (Å²) in [5, 5.41) is 11.0. The number of aryl methyl sites for hydroxylation is 1. The molecule has 0 spiro atoms. The summed E-state index contributed by atoms with van der Waals surface area (Å²) >= 11 is 3.38. The molecule has 1 saturated heterocycles. The zero-order chi connectivity index (χ0) is 22.5. The molecule has 2 aromatic rings. The summed E-state index contributed by atoms with van der Waals surface area (Å²) in [7, 11) is 0. The summed E-state index contributed by atoms with van der Waals surface area (Å²) < 4.78 is 6.46. The highest BCUT2D eigenvalue weighted by Gasteiger charge is 2.45. The Hall–Kier alpha value is -2.44. The molecule has 3 rings (SSSR count). The standard InChI is InChI=1S/C25H28BrNO4/c1-4-17-6-8-18(9-7-17)22-21(23(28)19-10-12-20(26)13-11-19)24(29)25(30)27(22)14-5-15-31-16(2)3/h6-13,16,22,28H,4-5,14-15H2,1-3H3/t22-/m1/s1. The third-order valence-electron chi connectivity index (χ3n) is 5.36. The molecule has 1 amide bonds. The van der Waals surface area contributed by atoms with E-state index in [0.717, 1.165) is 16.5 Å². The maximum atomic E-state index is 13.0. The number of benzene rings is 2. The van der Waals surface area contributed by atoms with Gasteiger partial charge in [-0.3, -0.25) is 9.59 Å². The van der Waals surface area contributed by atoms with Crippen LogP contribution in [0.1, 0.15) is 49.9 Å². The van der Waals surface area contributed by atoms with Crippen LogP contribution in [0.5, 0.6) is 0 Å². The van der Waals surface area contributed by atoms with Crippen molar-refractivity contribution in [1.29, 1.82) is 0 Å². The van der Waals surface area contributed by atoms with Crippen LogP contribution >= 0.6 is 15.9 Å². The number of hydrogen-bond donors (Lipinski definition) is 1. The molecule has 2 aromatic carbocycles. The molecular formula is C25H28BrNO4. The van der Waals surface area contributed by atoms with Crippen LogP contribution in [0, 0.1) is 0 Å². The van der Waals surface area contributed by atoms with Crippen LogP contribution in [-0.4, -0.2) is 41.0 Å². The number of aliphatic hydroxyl groups is 1. The third-order valence-corrected chi connectivity index (χ3v) is 5.88. The topological polar surface area (TPSA) is 66.8 Å². The van der Waals surface area contributed by atoms with Gasteiger partial charge in [-0.1, -0.05) is 59.3 Å². The molecule has 1 N–H and O–H groups in total. The molecule has 0 saturated carbocycles. The van der Waals surface area contributed by atoms with Crippen molar-refractivity contribution in [3.63, 3.8) is 0 Å². The van der Waals surface area contributed by atoms with E-state index in [-0.39, 0.29) is 17.4 Å². The van der Waals surface area contributed by atoms with Crippen LogP contribution in [0.2, 0.25) is 0 Å². The van der Waals surface area contributed by atoms with Crippen molar-refractivity contribution in [3.8, 4) is 0 Å². The molecule has 1 fully saturated rings. The van der Waals surface area contributed by atoms with Gasteiger partial charge in [-0.25, -0.2) is 0 Å². The lowest BCUT2D eigenvalue weighted by Gasteiger charge is -2.25. The van der Waals surface area contributed by atoms with Gasteiger partial charge < -0.3 is 14.7 Å². The second-order valence-electron chi connectivity index (χ2n) is 7.87. The van der Waals surface area contributed by atoms with Gasteiger partial charge in [0.05, 0.1) is 17.7 Å². The molecule has 1 aliphatic rings. The predicted molar refractivity (Wildman–Crippen MR) is 125 cm³/mol. The summed E-state index contributed by atoms with van der Waals surface area (Å²) in [5.74, 6) is -1.40. The number of hydrogen-bond acceptors (Lipinski definition) is 4. The quantitative estimate of drug-likeness (QED) is 0.240. The fourth-order valence-corrected chi connectivity index (χ4v) is 3.97. The highest BCUT2D eigenvalue weighted by Crippen LogP contribution is 2.39. The van der Waals surface area contributed by atoms with Crippen molar-refractivity contribution in [2.24, 2.45) is 0 Å². The van der Waals surface area contributed by atoms with Crippen molar-refractivity contribution in [1.82, 2.24) is 4.90 Å². The first kappa shape index (κ1) is 23.2. The minimum atomic E-state index is -0.658. The van der Waals surface area contributed by atoms with Crippen molar-refractivity contribution in [2.75, 3.05) is 13.2 Å². The summed E-state index contributed by atoms with van der Waals surface area (Å²) in [6.07, 6.45) is 1.60. The number of ether oxygens (including phenoxy) is 1. The monoisotopic (exact) mass is 485 g/mol. The SMILES string of the molecule is CCc1ccc([C@@H]2C(=C(O)c3ccc(Br)cc3)C(=O)C(=O)N2CCCOC(C)C)cc1. The Bertz CT molecular complexity index is 964. The molecule has 164 valence electrons. The molecular weight excluding hydrogens is 458 g/mol. The minimum Gasteiger partial charge on any atom is -0.507 e. The lowest BCUT2D eigenvalue weighted by atomic mass is 9.94. The Balaban J connectivity index is 2.02. The number of likely N-dealkylation sites (tertiary alicyclic amines) is 1. The molecule has 31 heavy (non-hydrogen) atoms. The zero-order valence-electron chi connectivity index (χ0n) is 18.1. The summed E-state index contributed by atoms with van der Waals surface area (Å²) in [6.45, 7) is 6.85. The Morgan fingerprint density at radius 3 is 2.32 bits per heavy atom. The number of carbonyl (C=O) groups excluding carboxylic acids is 2. The van der Waals surface area contributed by atoms with Crippen LogP contribution in [-0.2, 0) is 20.7 Å². The predicted octanol–water partition coefficient (Wildman–Crippen LogP) is 5.25. The number of carbonyl (C=O) groups is 2. The molecule has 5 nitrogen and oxygen atoms in total. The van der Waals surface area contributed by atoms with Gasteiger partial charge >= 0.3 is 0 Å². The van der Waals surface area contributed by atoms with Gasteiger partial charge in [0.15, 0.2) is 0 Å². The van der Waals surface area contributed by atoms with Crippen LogP contribution in [0.25, 0.3) is 5.76 Å². The fourth-order valence-electron chi connectivity index (χ4n) is 3.71. The minimum absolute atomic E-state index is 0.102.